The summed E-state index contributed by atoms with van der Waals surface area (Å²) in [6, 6.07) is 8.68. The van der Waals surface area contributed by atoms with E-state index in [1.54, 1.807) is 0 Å². The van der Waals surface area contributed by atoms with Crippen LogP contribution in [0.4, 0.5) is 5.69 Å². The van der Waals surface area contributed by atoms with Gasteiger partial charge >= 0.3 is 0 Å². The lowest BCUT2D eigenvalue weighted by Gasteiger charge is -2.39. The summed E-state index contributed by atoms with van der Waals surface area (Å²) in [6.45, 7) is 9.76. The number of imidazole rings is 1. The Morgan fingerprint density at radius 1 is 1.22 bits per heavy atom. The number of benzene rings is 1. The normalized spacial score (nSPS) is 17.4. The highest BCUT2D eigenvalue weighted by atomic mass is 35.5. The first-order valence-corrected chi connectivity index (χ1v) is 8.79. The SMILES string of the molecule is CCc1nccn1CC(C)N1CCN(c2cccc(Cl)c2)CC1. The van der Waals surface area contributed by atoms with Crippen molar-refractivity contribution in [2.24, 2.45) is 0 Å². The summed E-state index contributed by atoms with van der Waals surface area (Å²) in [5.74, 6) is 1.18. The van der Waals surface area contributed by atoms with E-state index in [1.165, 1.54) is 11.5 Å². The van der Waals surface area contributed by atoms with Crippen molar-refractivity contribution in [2.45, 2.75) is 32.9 Å². The third-order valence-electron chi connectivity index (χ3n) is 4.69. The van der Waals surface area contributed by atoms with E-state index in [-0.39, 0.29) is 0 Å². The van der Waals surface area contributed by atoms with Gasteiger partial charge in [-0.05, 0) is 25.1 Å². The number of aromatic nitrogens is 2. The average molecular weight is 333 g/mol. The van der Waals surface area contributed by atoms with E-state index < -0.39 is 0 Å². The highest BCUT2D eigenvalue weighted by Gasteiger charge is 2.22. The van der Waals surface area contributed by atoms with Crippen LogP contribution in [0.5, 0.6) is 0 Å². The van der Waals surface area contributed by atoms with Crippen LogP contribution in [0.2, 0.25) is 5.02 Å². The molecular weight excluding hydrogens is 308 g/mol. The number of nitrogens with zero attached hydrogens (tertiary/aromatic N) is 4. The summed E-state index contributed by atoms with van der Waals surface area (Å²) in [7, 11) is 0. The molecule has 0 amide bonds. The number of anilines is 1. The molecule has 1 aliphatic heterocycles. The molecule has 0 spiro atoms. The first-order chi connectivity index (χ1) is 11.2. The van der Waals surface area contributed by atoms with Crippen LogP contribution < -0.4 is 4.90 Å². The van der Waals surface area contributed by atoms with Gasteiger partial charge in [0.1, 0.15) is 5.82 Å². The fourth-order valence-corrected chi connectivity index (χ4v) is 3.50. The van der Waals surface area contributed by atoms with Crippen molar-refractivity contribution in [3.63, 3.8) is 0 Å². The van der Waals surface area contributed by atoms with E-state index in [2.05, 4.69) is 51.5 Å². The Kier molecular flexibility index (Phi) is 5.23. The predicted molar refractivity (Wildman–Crippen MR) is 96.3 cm³/mol. The molecule has 1 aromatic heterocycles. The van der Waals surface area contributed by atoms with Crippen molar-refractivity contribution >= 4 is 17.3 Å². The molecule has 0 bridgehead atoms. The zero-order valence-corrected chi connectivity index (χ0v) is 14.7. The second kappa shape index (κ2) is 7.37. The molecule has 0 saturated carbocycles. The number of halogens is 1. The number of piperazine rings is 1. The Balaban J connectivity index is 1.56. The molecule has 1 aliphatic rings. The molecule has 0 aliphatic carbocycles. The van der Waals surface area contributed by atoms with Gasteiger partial charge in [0.15, 0.2) is 0 Å². The molecule has 1 aromatic carbocycles. The van der Waals surface area contributed by atoms with Crippen molar-refractivity contribution in [3.05, 3.63) is 47.5 Å². The van der Waals surface area contributed by atoms with E-state index in [1.807, 2.05) is 18.3 Å². The maximum atomic E-state index is 6.11. The monoisotopic (exact) mass is 332 g/mol. The molecule has 2 aromatic rings. The topological polar surface area (TPSA) is 24.3 Å². The summed E-state index contributed by atoms with van der Waals surface area (Å²) in [5, 5.41) is 0.811. The van der Waals surface area contributed by atoms with E-state index in [0.29, 0.717) is 6.04 Å². The molecule has 1 unspecified atom stereocenters. The zero-order valence-electron chi connectivity index (χ0n) is 14.0. The van der Waals surface area contributed by atoms with E-state index >= 15 is 0 Å². The van der Waals surface area contributed by atoms with Gasteiger partial charge in [0, 0.05) is 68.3 Å². The molecule has 1 fully saturated rings. The van der Waals surface area contributed by atoms with Crippen LogP contribution in [-0.4, -0.2) is 46.7 Å². The Morgan fingerprint density at radius 3 is 2.70 bits per heavy atom. The predicted octanol–water partition coefficient (Wildman–Crippen LogP) is 3.31. The first kappa shape index (κ1) is 16.3. The fourth-order valence-electron chi connectivity index (χ4n) is 3.31. The molecule has 3 rings (SSSR count). The Hall–Kier alpha value is -1.52. The van der Waals surface area contributed by atoms with Crippen LogP contribution in [0.3, 0.4) is 0 Å². The van der Waals surface area contributed by atoms with E-state index in [9.17, 15) is 0 Å². The lowest BCUT2D eigenvalue weighted by Crippen LogP contribution is -2.50. The van der Waals surface area contributed by atoms with Gasteiger partial charge in [-0.15, -0.1) is 0 Å². The van der Waals surface area contributed by atoms with Crippen LogP contribution in [0.25, 0.3) is 0 Å². The smallest absolute Gasteiger partial charge is 0.108 e. The zero-order chi connectivity index (χ0) is 16.2. The lowest BCUT2D eigenvalue weighted by molar-refractivity contribution is 0.180. The third-order valence-corrected chi connectivity index (χ3v) is 4.92. The number of rotatable bonds is 5. The largest absolute Gasteiger partial charge is 0.369 e. The second-order valence-electron chi connectivity index (χ2n) is 6.20. The Bertz CT molecular complexity index is 631. The maximum absolute atomic E-state index is 6.11. The minimum absolute atomic E-state index is 0.524. The molecule has 0 radical (unpaired) electrons. The van der Waals surface area contributed by atoms with Gasteiger partial charge in [0.2, 0.25) is 0 Å². The van der Waals surface area contributed by atoms with Crippen molar-refractivity contribution < 1.29 is 0 Å². The lowest BCUT2D eigenvalue weighted by atomic mass is 10.2. The highest BCUT2D eigenvalue weighted by molar-refractivity contribution is 6.30. The molecule has 1 atom stereocenters. The van der Waals surface area contributed by atoms with Gasteiger partial charge in [-0.3, -0.25) is 4.90 Å². The average Bonchev–Trinajstić information content (AvgIpc) is 3.02. The van der Waals surface area contributed by atoms with Gasteiger partial charge in [-0.25, -0.2) is 4.98 Å². The van der Waals surface area contributed by atoms with Crippen LogP contribution in [0.15, 0.2) is 36.7 Å². The van der Waals surface area contributed by atoms with Gasteiger partial charge in [0.05, 0.1) is 0 Å². The van der Waals surface area contributed by atoms with Gasteiger partial charge < -0.3 is 9.47 Å². The number of hydrogen-bond acceptors (Lipinski definition) is 3. The molecule has 1 saturated heterocycles. The second-order valence-corrected chi connectivity index (χ2v) is 6.64. The molecular formula is C18H25ClN4. The minimum atomic E-state index is 0.524. The standard InChI is InChI=1S/C18H25ClN4/c1-3-18-20-7-8-23(18)14-15(2)21-9-11-22(12-10-21)17-6-4-5-16(19)13-17/h4-8,13,15H,3,9-12,14H2,1-2H3. The quantitative estimate of drug-likeness (QED) is 0.839. The van der Waals surface area contributed by atoms with E-state index in [0.717, 1.165) is 44.2 Å². The number of aryl methyl sites for hydroxylation is 1. The summed E-state index contributed by atoms with van der Waals surface area (Å²) < 4.78 is 2.29. The molecule has 5 heteroatoms. The van der Waals surface area contributed by atoms with Crippen LogP contribution >= 0.6 is 11.6 Å². The first-order valence-electron chi connectivity index (χ1n) is 8.42. The Labute approximate surface area is 143 Å². The van der Waals surface area contributed by atoms with Gasteiger partial charge in [-0.1, -0.05) is 24.6 Å². The van der Waals surface area contributed by atoms with Gasteiger partial charge in [0.25, 0.3) is 0 Å². The minimum Gasteiger partial charge on any atom is -0.369 e. The summed E-state index contributed by atoms with van der Waals surface area (Å²) >= 11 is 6.11. The van der Waals surface area contributed by atoms with E-state index in [4.69, 9.17) is 11.6 Å². The molecule has 2 heterocycles. The Morgan fingerprint density at radius 2 is 2.00 bits per heavy atom. The summed E-state index contributed by atoms with van der Waals surface area (Å²) in [6.07, 6.45) is 4.99. The molecule has 0 N–H and O–H groups in total. The van der Waals surface area contributed by atoms with Crippen molar-refractivity contribution in [2.75, 3.05) is 31.1 Å². The van der Waals surface area contributed by atoms with Crippen molar-refractivity contribution in [1.82, 2.24) is 14.5 Å². The molecule has 124 valence electrons. The van der Waals surface area contributed by atoms with Crippen LogP contribution in [0.1, 0.15) is 19.7 Å². The third kappa shape index (κ3) is 3.88. The fraction of sp³-hybridized carbons (Fsp3) is 0.500. The van der Waals surface area contributed by atoms with Crippen LogP contribution in [-0.2, 0) is 13.0 Å². The maximum Gasteiger partial charge on any atom is 0.108 e. The summed E-state index contributed by atoms with van der Waals surface area (Å²) in [4.78, 5) is 9.41. The molecule has 4 nitrogen and oxygen atoms in total. The molecule has 23 heavy (non-hydrogen) atoms. The highest BCUT2D eigenvalue weighted by Crippen LogP contribution is 2.21. The van der Waals surface area contributed by atoms with Crippen molar-refractivity contribution in [3.8, 4) is 0 Å². The number of hydrogen-bond donors (Lipinski definition) is 0. The van der Waals surface area contributed by atoms with Gasteiger partial charge in [-0.2, -0.15) is 0 Å². The van der Waals surface area contributed by atoms with Crippen molar-refractivity contribution in [1.29, 1.82) is 0 Å². The summed E-state index contributed by atoms with van der Waals surface area (Å²) in [5.41, 5.74) is 1.23. The van der Waals surface area contributed by atoms with Crippen LogP contribution in [0, 0.1) is 0 Å².